The van der Waals surface area contributed by atoms with E-state index in [0.717, 1.165) is 16.7 Å². The predicted molar refractivity (Wildman–Crippen MR) is 59.5 cm³/mol. The van der Waals surface area contributed by atoms with E-state index in [1.54, 1.807) is 0 Å². The van der Waals surface area contributed by atoms with Crippen molar-refractivity contribution < 1.29 is 0 Å². The van der Waals surface area contributed by atoms with Crippen LogP contribution >= 0.6 is 0 Å². The normalized spacial score (nSPS) is 11.9. The van der Waals surface area contributed by atoms with E-state index >= 15 is 0 Å². The summed E-state index contributed by atoms with van der Waals surface area (Å²) >= 11 is 0. The van der Waals surface area contributed by atoms with Crippen LogP contribution in [0, 0.1) is 0 Å². The summed E-state index contributed by atoms with van der Waals surface area (Å²) in [4.78, 5) is 7.38. The Labute approximate surface area is 83.6 Å². The Morgan fingerprint density at radius 3 is 2.86 bits per heavy atom. The van der Waals surface area contributed by atoms with Crippen LogP contribution in [0.25, 0.3) is 11.0 Å². The molecule has 0 atom stereocenters. The molecule has 0 bridgehead atoms. The Bertz CT molecular complexity index is 437. The summed E-state index contributed by atoms with van der Waals surface area (Å²) in [5.74, 6) is 0. The van der Waals surface area contributed by atoms with Gasteiger partial charge in [0.25, 0.3) is 0 Å². The van der Waals surface area contributed by atoms with Crippen LogP contribution in [0.15, 0.2) is 24.5 Å². The minimum absolute atomic E-state index is 0.0751. The molecule has 0 amide bonds. The quantitative estimate of drug-likeness (QED) is 0.724. The van der Waals surface area contributed by atoms with Crippen LogP contribution in [0.1, 0.15) is 20.8 Å². The second-order valence-electron chi connectivity index (χ2n) is 4.51. The summed E-state index contributed by atoms with van der Waals surface area (Å²) in [5, 5.41) is 4.52. The molecule has 2 N–H and O–H groups in total. The van der Waals surface area contributed by atoms with Crippen molar-refractivity contribution >= 4 is 16.7 Å². The van der Waals surface area contributed by atoms with Gasteiger partial charge in [-0.25, -0.2) is 4.98 Å². The molecule has 0 spiro atoms. The van der Waals surface area contributed by atoms with Gasteiger partial charge in [-0.3, -0.25) is 0 Å². The van der Waals surface area contributed by atoms with Gasteiger partial charge in [-0.1, -0.05) is 0 Å². The predicted octanol–water partition coefficient (Wildman–Crippen LogP) is 2.77. The topological polar surface area (TPSA) is 40.7 Å². The second-order valence-corrected chi connectivity index (χ2v) is 4.51. The van der Waals surface area contributed by atoms with Crippen molar-refractivity contribution in [3.63, 3.8) is 0 Å². The van der Waals surface area contributed by atoms with Crippen LogP contribution in [0.5, 0.6) is 0 Å². The van der Waals surface area contributed by atoms with E-state index < -0.39 is 0 Å². The van der Waals surface area contributed by atoms with Crippen molar-refractivity contribution in [3.8, 4) is 0 Å². The van der Waals surface area contributed by atoms with Crippen LogP contribution in [0.4, 0.5) is 5.69 Å². The maximum atomic E-state index is 4.31. The van der Waals surface area contributed by atoms with Gasteiger partial charge in [-0.2, -0.15) is 0 Å². The Morgan fingerprint density at radius 2 is 2.14 bits per heavy atom. The molecule has 0 aliphatic carbocycles. The van der Waals surface area contributed by atoms with Crippen molar-refractivity contribution in [2.24, 2.45) is 0 Å². The van der Waals surface area contributed by atoms with Crippen molar-refractivity contribution in [2.75, 3.05) is 5.32 Å². The molecule has 2 aromatic rings. The molecule has 0 radical (unpaired) electrons. The molecular weight excluding hydrogens is 174 g/mol. The summed E-state index contributed by atoms with van der Waals surface area (Å²) in [7, 11) is 0. The van der Waals surface area contributed by atoms with E-state index in [2.05, 4.69) is 42.1 Å². The monoisotopic (exact) mass is 189 g/mol. The zero-order chi connectivity index (χ0) is 10.2. The SMILES string of the molecule is CC(C)(C)Nc1cnc2[nH]ccc2c1. The first kappa shape index (κ1) is 9.06. The lowest BCUT2D eigenvalue weighted by molar-refractivity contribution is 0.634. The number of aromatic nitrogens is 2. The fourth-order valence-electron chi connectivity index (χ4n) is 1.44. The molecular formula is C11H15N3. The maximum Gasteiger partial charge on any atom is 0.137 e. The average molecular weight is 189 g/mol. The number of fused-ring (bicyclic) bond motifs is 1. The minimum Gasteiger partial charge on any atom is -0.379 e. The van der Waals surface area contributed by atoms with Crippen LogP contribution in [-0.4, -0.2) is 15.5 Å². The lowest BCUT2D eigenvalue weighted by Gasteiger charge is -2.21. The smallest absolute Gasteiger partial charge is 0.137 e. The van der Waals surface area contributed by atoms with Gasteiger partial charge < -0.3 is 10.3 Å². The highest BCUT2D eigenvalue weighted by Crippen LogP contribution is 2.18. The number of nitrogens with one attached hydrogen (secondary N) is 2. The van der Waals surface area contributed by atoms with Gasteiger partial charge in [0.2, 0.25) is 0 Å². The molecule has 2 heterocycles. The maximum absolute atomic E-state index is 4.31. The number of hydrogen-bond donors (Lipinski definition) is 2. The number of hydrogen-bond acceptors (Lipinski definition) is 2. The lowest BCUT2D eigenvalue weighted by Crippen LogP contribution is -2.26. The summed E-state index contributed by atoms with van der Waals surface area (Å²) in [6.45, 7) is 6.40. The third-order valence-electron chi connectivity index (χ3n) is 1.92. The van der Waals surface area contributed by atoms with E-state index in [1.807, 2.05) is 18.5 Å². The molecule has 2 rings (SSSR count). The lowest BCUT2D eigenvalue weighted by atomic mass is 10.1. The fraction of sp³-hybridized carbons (Fsp3) is 0.364. The molecule has 0 saturated carbocycles. The van der Waals surface area contributed by atoms with E-state index in [1.165, 1.54) is 0 Å². The van der Waals surface area contributed by atoms with E-state index in [4.69, 9.17) is 0 Å². The van der Waals surface area contributed by atoms with E-state index in [9.17, 15) is 0 Å². The van der Waals surface area contributed by atoms with Gasteiger partial charge in [-0.15, -0.1) is 0 Å². The van der Waals surface area contributed by atoms with Crippen molar-refractivity contribution in [1.82, 2.24) is 9.97 Å². The number of nitrogens with zero attached hydrogens (tertiary/aromatic N) is 1. The molecule has 0 unspecified atom stereocenters. The van der Waals surface area contributed by atoms with Crippen LogP contribution in [0.3, 0.4) is 0 Å². The molecule has 14 heavy (non-hydrogen) atoms. The summed E-state index contributed by atoms with van der Waals surface area (Å²) < 4.78 is 0. The number of rotatable bonds is 1. The molecule has 3 heteroatoms. The van der Waals surface area contributed by atoms with Gasteiger partial charge in [0, 0.05) is 17.1 Å². The number of H-pyrrole nitrogens is 1. The highest BCUT2D eigenvalue weighted by molar-refractivity contribution is 5.78. The summed E-state index contributed by atoms with van der Waals surface area (Å²) in [6.07, 6.45) is 3.75. The van der Waals surface area contributed by atoms with E-state index in [-0.39, 0.29) is 5.54 Å². The molecule has 3 nitrogen and oxygen atoms in total. The summed E-state index contributed by atoms with van der Waals surface area (Å²) in [5.41, 5.74) is 2.07. The Kier molecular flexibility index (Phi) is 1.95. The van der Waals surface area contributed by atoms with Gasteiger partial charge in [-0.05, 0) is 32.9 Å². The first-order valence-corrected chi connectivity index (χ1v) is 4.76. The number of anilines is 1. The molecule has 0 saturated heterocycles. The zero-order valence-electron chi connectivity index (χ0n) is 8.76. The Balaban J connectivity index is 2.35. The first-order chi connectivity index (χ1) is 6.54. The van der Waals surface area contributed by atoms with Crippen molar-refractivity contribution in [3.05, 3.63) is 24.5 Å². The van der Waals surface area contributed by atoms with Crippen LogP contribution in [-0.2, 0) is 0 Å². The average Bonchev–Trinajstić information content (AvgIpc) is 2.47. The summed E-state index contributed by atoms with van der Waals surface area (Å²) in [6, 6.07) is 4.13. The minimum atomic E-state index is 0.0751. The highest BCUT2D eigenvalue weighted by atomic mass is 15.0. The Morgan fingerprint density at radius 1 is 1.36 bits per heavy atom. The van der Waals surface area contributed by atoms with E-state index in [0.29, 0.717) is 0 Å². The van der Waals surface area contributed by atoms with Crippen molar-refractivity contribution in [1.29, 1.82) is 0 Å². The zero-order valence-corrected chi connectivity index (χ0v) is 8.76. The standard InChI is InChI=1S/C11H15N3/c1-11(2,3)14-9-6-8-4-5-12-10(8)13-7-9/h4-7,14H,1-3H3,(H,12,13). The second kappa shape index (κ2) is 3.01. The molecule has 2 aromatic heterocycles. The third-order valence-corrected chi connectivity index (χ3v) is 1.92. The number of pyridine rings is 1. The third kappa shape index (κ3) is 1.87. The molecule has 0 fully saturated rings. The largest absolute Gasteiger partial charge is 0.379 e. The van der Waals surface area contributed by atoms with Gasteiger partial charge in [0.15, 0.2) is 0 Å². The van der Waals surface area contributed by atoms with Gasteiger partial charge in [0.05, 0.1) is 11.9 Å². The first-order valence-electron chi connectivity index (χ1n) is 4.76. The molecule has 74 valence electrons. The van der Waals surface area contributed by atoms with Gasteiger partial charge >= 0.3 is 0 Å². The van der Waals surface area contributed by atoms with Gasteiger partial charge in [0.1, 0.15) is 5.65 Å². The van der Waals surface area contributed by atoms with Crippen molar-refractivity contribution in [2.45, 2.75) is 26.3 Å². The van der Waals surface area contributed by atoms with Crippen LogP contribution < -0.4 is 5.32 Å². The highest BCUT2D eigenvalue weighted by Gasteiger charge is 2.09. The fourth-order valence-corrected chi connectivity index (χ4v) is 1.44. The molecule has 0 aliphatic rings. The molecule has 0 aliphatic heterocycles. The molecule has 0 aromatic carbocycles. The Hall–Kier alpha value is -1.51. The van der Waals surface area contributed by atoms with Crippen LogP contribution in [0.2, 0.25) is 0 Å². The number of aromatic amines is 1.